The molecule has 24 heavy (non-hydrogen) atoms. The summed E-state index contributed by atoms with van der Waals surface area (Å²) in [6.45, 7) is 2.27. The number of para-hydroxylation sites is 1. The minimum absolute atomic E-state index is 0.309. The molecular weight excluding hydrogens is 332 g/mol. The lowest BCUT2D eigenvalue weighted by atomic mass is 10.2. The van der Waals surface area contributed by atoms with Crippen molar-refractivity contribution in [3.63, 3.8) is 0 Å². The molecule has 0 aliphatic carbocycles. The van der Waals surface area contributed by atoms with Gasteiger partial charge in [0.25, 0.3) is 0 Å². The summed E-state index contributed by atoms with van der Waals surface area (Å²) in [5.41, 5.74) is 7.87. The van der Waals surface area contributed by atoms with Gasteiger partial charge in [0, 0.05) is 23.3 Å². The molecule has 0 aliphatic heterocycles. The molecule has 0 unspecified atom stereocenters. The number of rotatable bonds is 9. The van der Waals surface area contributed by atoms with E-state index >= 15 is 0 Å². The Morgan fingerprint density at radius 1 is 1.17 bits per heavy atom. The lowest BCUT2D eigenvalue weighted by Crippen LogP contribution is -2.21. The van der Waals surface area contributed by atoms with E-state index in [0.717, 1.165) is 11.3 Å². The van der Waals surface area contributed by atoms with Crippen LogP contribution in [0.1, 0.15) is 12.5 Å². The predicted octanol–water partition coefficient (Wildman–Crippen LogP) is 3.32. The van der Waals surface area contributed by atoms with E-state index in [1.165, 1.54) is 0 Å². The van der Waals surface area contributed by atoms with Crippen molar-refractivity contribution < 1.29 is 19.4 Å². The van der Waals surface area contributed by atoms with Gasteiger partial charge in [0.1, 0.15) is 0 Å². The molecule has 3 N–H and O–H groups in total. The third-order valence-electron chi connectivity index (χ3n) is 3.05. The van der Waals surface area contributed by atoms with Crippen LogP contribution < -0.4 is 20.3 Å². The normalized spacial score (nSPS) is 10.2. The number of carboxylic acid groups (broad SMARTS) is 1. The summed E-state index contributed by atoms with van der Waals surface area (Å²) in [5, 5.41) is 9.19. The topological polar surface area (TPSA) is 79.8 Å². The molecule has 0 fully saturated rings. The first-order valence-electron chi connectivity index (χ1n) is 7.44. The fraction of sp³-hybridized carbons (Fsp3) is 0.235. The number of hydrogen-bond donors (Lipinski definition) is 3. The fourth-order valence-electron chi connectivity index (χ4n) is 2.00. The smallest absolute Gasteiger partial charge is 0.341 e. The highest BCUT2D eigenvalue weighted by molar-refractivity contribution is 6.31. The Morgan fingerprint density at radius 2 is 1.88 bits per heavy atom. The number of hydrazine groups is 1. The summed E-state index contributed by atoms with van der Waals surface area (Å²) in [6.07, 6.45) is 0. The Hall–Kier alpha value is -2.44. The van der Waals surface area contributed by atoms with Crippen LogP contribution in [0.3, 0.4) is 0 Å². The first-order valence-corrected chi connectivity index (χ1v) is 7.81. The molecular formula is C17H19ClN2O4. The van der Waals surface area contributed by atoms with Gasteiger partial charge in [0.15, 0.2) is 18.1 Å². The zero-order valence-electron chi connectivity index (χ0n) is 13.2. The van der Waals surface area contributed by atoms with Crippen LogP contribution in [0.2, 0.25) is 5.02 Å². The number of anilines is 1. The van der Waals surface area contributed by atoms with Gasteiger partial charge in [-0.25, -0.2) is 10.2 Å². The molecule has 0 heterocycles. The SMILES string of the molecule is CCOc1cc(CNNc2ccccc2)c(Cl)cc1OCC(=O)O. The zero-order valence-corrected chi connectivity index (χ0v) is 14.0. The van der Waals surface area contributed by atoms with Gasteiger partial charge in [-0.05, 0) is 30.7 Å². The summed E-state index contributed by atoms with van der Waals surface area (Å²) in [5.74, 6) is -0.296. The molecule has 0 amide bonds. The fourth-order valence-corrected chi connectivity index (χ4v) is 2.22. The van der Waals surface area contributed by atoms with E-state index in [2.05, 4.69) is 10.9 Å². The second-order valence-electron chi connectivity index (χ2n) is 4.85. The number of aliphatic carboxylic acids is 1. The Balaban J connectivity index is 2.06. The molecule has 0 atom stereocenters. The summed E-state index contributed by atoms with van der Waals surface area (Å²) < 4.78 is 10.7. The summed E-state index contributed by atoms with van der Waals surface area (Å²) in [6, 6.07) is 13.0. The van der Waals surface area contributed by atoms with Crippen LogP contribution in [0.4, 0.5) is 5.69 Å². The van der Waals surface area contributed by atoms with Gasteiger partial charge in [0.05, 0.1) is 6.61 Å². The quantitative estimate of drug-likeness (QED) is 0.602. The molecule has 7 heteroatoms. The summed E-state index contributed by atoms with van der Waals surface area (Å²) in [4.78, 5) is 10.7. The highest BCUT2D eigenvalue weighted by Crippen LogP contribution is 2.33. The number of ether oxygens (including phenoxy) is 2. The zero-order chi connectivity index (χ0) is 17.4. The Kier molecular flexibility index (Phi) is 6.72. The molecule has 6 nitrogen and oxygen atoms in total. The van der Waals surface area contributed by atoms with Crippen LogP contribution in [-0.2, 0) is 11.3 Å². The van der Waals surface area contributed by atoms with E-state index in [4.69, 9.17) is 26.2 Å². The number of benzene rings is 2. The van der Waals surface area contributed by atoms with E-state index in [-0.39, 0.29) is 0 Å². The van der Waals surface area contributed by atoms with Crippen LogP contribution >= 0.6 is 11.6 Å². The Morgan fingerprint density at radius 3 is 2.54 bits per heavy atom. The number of hydrogen-bond acceptors (Lipinski definition) is 5. The maximum atomic E-state index is 10.7. The number of halogens is 1. The van der Waals surface area contributed by atoms with Crippen molar-refractivity contribution in [3.05, 3.63) is 53.1 Å². The first kappa shape index (κ1) is 17.9. The largest absolute Gasteiger partial charge is 0.490 e. The van der Waals surface area contributed by atoms with Gasteiger partial charge < -0.3 is 20.0 Å². The van der Waals surface area contributed by atoms with E-state index in [1.807, 2.05) is 37.3 Å². The molecule has 0 saturated heterocycles. The minimum Gasteiger partial charge on any atom is -0.490 e. The molecule has 2 aromatic rings. The van der Waals surface area contributed by atoms with E-state index < -0.39 is 12.6 Å². The number of carboxylic acids is 1. The van der Waals surface area contributed by atoms with Gasteiger partial charge in [-0.3, -0.25) is 0 Å². The van der Waals surface area contributed by atoms with Gasteiger partial charge in [-0.2, -0.15) is 0 Å². The van der Waals surface area contributed by atoms with Crippen LogP contribution in [0.5, 0.6) is 11.5 Å². The maximum Gasteiger partial charge on any atom is 0.341 e. The van der Waals surface area contributed by atoms with Gasteiger partial charge in [-0.15, -0.1) is 0 Å². The lowest BCUT2D eigenvalue weighted by Gasteiger charge is -2.15. The second kappa shape index (κ2) is 9.00. The van der Waals surface area contributed by atoms with E-state index in [1.54, 1.807) is 12.1 Å². The Bertz CT molecular complexity index is 680. The molecule has 0 aromatic heterocycles. The molecule has 2 rings (SSSR count). The average Bonchev–Trinajstić information content (AvgIpc) is 2.57. The van der Waals surface area contributed by atoms with E-state index in [0.29, 0.717) is 29.7 Å². The molecule has 0 bridgehead atoms. The molecule has 0 spiro atoms. The second-order valence-corrected chi connectivity index (χ2v) is 5.26. The lowest BCUT2D eigenvalue weighted by molar-refractivity contribution is -0.139. The van der Waals surface area contributed by atoms with Crippen molar-refractivity contribution in [2.24, 2.45) is 0 Å². The van der Waals surface area contributed by atoms with Crippen molar-refractivity contribution in [1.29, 1.82) is 0 Å². The Labute approximate surface area is 145 Å². The number of nitrogens with one attached hydrogen (secondary N) is 2. The molecule has 0 saturated carbocycles. The predicted molar refractivity (Wildman–Crippen MR) is 92.7 cm³/mol. The molecule has 128 valence electrons. The van der Waals surface area contributed by atoms with Crippen LogP contribution in [-0.4, -0.2) is 24.3 Å². The highest BCUT2D eigenvalue weighted by Gasteiger charge is 2.12. The van der Waals surface area contributed by atoms with E-state index in [9.17, 15) is 4.79 Å². The van der Waals surface area contributed by atoms with Crippen LogP contribution in [0.15, 0.2) is 42.5 Å². The molecule has 2 aromatic carbocycles. The van der Waals surface area contributed by atoms with Crippen molar-refractivity contribution in [1.82, 2.24) is 5.43 Å². The molecule has 0 aliphatic rings. The van der Waals surface area contributed by atoms with Crippen molar-refractivity contribution >= 4 is 23.3 Å². The van der Waals surface area contributed by atoms with Crippen LogP contribution in [0.25, 0.3) is 0 Å². The maximum absolute atomic E-state index is 10.7. The molecule has 0 radical (unpaired) electrons. The average molecular weight is 351 g/mol. The highest BCUT2D eigenvalue weighted by atomic mass is 35.5. The van der Waals surface area contributed by atoms with Crippen LogP contribution in [0, 0.1) is 0 Å². The minimum atomic E-state index is -1.06. The van der Waals surface area contributed by atoms with Gasteiger partial charge in [0.2, 0.25) is 0 Å². The third-order valence-corrected chi connectivity index (χ3v) is 3.40. The van der Waals surface area contributed by atoms with Gasteiger partial charge in [-0.1, -0.05) is 29.8 Å². The van der Waals surface area contributed by atoms with Crippen molar-refractivity contribution in [2.45, 2.75) is 13.5 Å². The summed E-state index contributed by atoms with van der Waals surface area (Å²) >= 11 is 6.25. The summed E-state index contributed by atoms with van der Waals surface area (Å²) in [7, 11) is 0. The third kappa shape index (κ3) is 5.33. The van der Waals surface area contributed by atoms with Crippen molar-refractivity contribution in [2.75, 3.05) is 18.6 Å². The van der Waals surface area contributed by atoms with Crippen molar-refractivity contribution in [3.8, 4) is 11.5 Å². The van der Waals surface area contributed by atoms with Gasteiger partial charge >= 0.3 is 5.97 Å². The standard InChI is InChI=1S/C17H19ClN2O4/c1-2-23-15-8-12(10-19-20-13-6-4-3-5-7-13)14(18)9-16(15)24-11-17(21)22/h3-9,19-20H,2,10-11H2,1H3,(H,21,22). The monoisotopic (exact) mass is 350 g/mol. The number of carbonyl (C=O) groups is 1. The first-order chi connectivity index (χ1) is 11.6.